The molecule has 0 aliphatic carbocycles. The topological polar surface area (TPSA) is 80.9 Å². The van der Waals surface area contributed by atoms with E-state index in [0.717, 1.165) is 10.0 Å². The molecule has 7 heteroatoms. The normalized spacial score (nSPS) is 10.6. The molecule has 0 saturated heterocycles. The number of aromatic carboxylic acids is 1. The van der Waals surface area contributed by atoms with Crippen LogP contribution in [-0.2, 0) is 6.54 Å². The molecule has 0 spiro atoms. The van der Waals surface area contributed by atoms with E-state index in [2.05, 4.69) is 31.3 Å². The number of halogens is 1. The minimum Gasteiger partial charge on any atom is -0.478 e. The maximum atomic E-state index is 11.0. The number of hydrogen-bond donors (Lipinski definition) is 1. The largest absolute Gasteiger partial charge is 0.478 e. The van der Waals surface area contributed by atoms with E-state index in [4.69, 9.17) is 5.11 Å². The molecule has 0 unspecified atom stereocenters. The third kappa shape index (κ3) is 3.20. The van der Waals surface area contributed by atoms with Crippen molar-refractivity contribution in [1.82, 2.24) is 20.2 Å². The fourth-order valence-corrected chi connectivity index (χ4v) is 2.46. The Kier molecular flexibility index (Phi) is 3.97. The number of carboxylic acids is 1. The number of hydrogen-bond acceptors (Lipinski definition) is 4. The number of carboxylic acid groups (broad SMARTS) is 1. The summed E-state index contributed by atoms with van der Waals surface area (Å²) in [7, 11) is 0. The van der Waals surface area contributed by atoms with Gasteiger partial charge in [0.25, 0.3) is 0 Å². The van der Waals surface area contributed by atoms with E-state index in [9.17, 15) is 4.79 Å². The quantitative estimate of drug-likeness (QED) is 0.775. The van der Waals surface area contributed by atoms with Crippen molar-refractivity contribution in [3.05, 3.63) is 64.1 Å². The molecule has 0 aliphatic heterocycles. The molecule has 1 heterocycles. The standard InChI is InChI=1S/C15H11BrN4O2/c16-13-6-1-3-10(7-13)9-20-18-14(17-19-20)11-4-2-5-12(8-11)15(21)22/h1-8H,9H2,(H,21,22). The summed E-state index contributed by atoms with van der Waals surface area (Å²) < 4.78 is 0.986. The van der Waals surface area contributed by atoms with Gasteiger partial charge in [-0.2, -0.15) is 4.80 Å². The van der Waals surface area contributed by atoms with Crippen molar-refractivity contribution < 1.29 is 9.90 Å². The predicted molar refractivity (Wildman–Crippen MR) is 83.5 cm³/mol. The van der Waals surface area contributed by atoms with Crippen LogP contribution in [0.5, 0.6) is 0 Å². The van der Waals surface area contributed by atoms with Gasteiger partial charge in [0.2, 0.25) is 5.82 Å². The minimum atomic E-state index is -0.983. The first kappa shape index (κ1) is 14.4. The average Bonchev–Trinajstić information content (AvgIpc) is 2.96. The zero-order chi connectivity index (χ0) is 15.5. The molecule has 1 N–H and O–H groups in total. The van der Waals surface area contributed by atoms with Crippen LogP contribution in [0, 0.1) is 0 Å². The van der Waals surface area contributed by atoms with Crippen molar-refractivity contribution in [3.8, 4) is 11.4 Å². The first-order chi connectivity index (χ1) is 10.6. The smallest absolute Gasteiger partial charge is 0.335 e. The van der Waals surface area contributed by atoms with E-state index in [1.165, 1.54) is 16.9 Å². The van der Waals surface area contributed by atoms with Crippen molar-refractivity contribution in [2.75, 3.05) is 0 Å². The zero-order valence-corrected chi connectivity index (χ0v) is 12.9. The third-order valence-electron chi connectivity index (χ3n) is 3.03. The van der Waals surface area contributed by atoms with Gasteiger partial charge in [-0.05, 0) is 35.0 Å². The number of tetrazole rings is 1. The Hall–Kier alpha value is -2.54. The Morgan fingerprint density at radius 3 is 2.77 bits per heavy atom. The number of benzene rings is 2. The molecule has 110 valence electrons. The molecule has 22 heavy (non-hydrogen) atoms. The van der Waals surface area contributed by atoms with E-state index >= 15 is 0 Å². The van der Waals surface area contributed by atoms with Crippen LogP contribution in [0.3, 0.4) is 0 Å². The van der Waals surface area contributed by atoms with Crippen LogP contribution in [-0.4, -0.2) is 31.3 Å². The van der Waals surface area contributed by atoms with E-state index in [1.807, 2.05) is 24.3 Å². The molecular formula is C15H11BrN4O2. The first-order valence-electron chi connectivity index (χ1n) is 6.48. The SMILES string of the molecule is O=C(O)c1cccc(-c2nnn(Cc3cccc(Br)c3)n2)c1. The van der Waals surface area contributed by atoms with E-state index in [-0.39, 0.29) is 5.56 Å². The molecule has 0 bridgehead atoms. The van der Waals surface area contributed by atoms with Crippen molar-refractivity contribution in [2.24, 2.45) is 0 Å². The molecule has 0 radical (unpaired) electrons. The molecule has 0 atom stereocenters. The van der Waals surface area contributed by atoms with Crippen molar-refractivity contribution >= 4 is 21.9 Å². The van der Waals surface area contributed by atoms with Crippen LogP contribution in [0.1, 0.15) is 15.9 Å². The third-order valence-corrected chi connectivity index (χ3v) is 3.53. The van der Waals surface area contributed by atoms with Gasteiger partial charge in [-0.25, -0.2) is 4.79 Å². The molecule has 0 amide bonds. The Morgan fingerprint density at radius 1 is 1.18 bits per heavy atom. The summed E-state index contributed by atoms with van der Waals surface area (Å²) >= 11 is 3.42. The zero-order valence-electron chi connectivity index (χ0n) is 11.3. The van der Waals surface area contributed by atoms with E-state index in [0.29, 0.717) is 17.9 Å². The highest BCUT2D eigenvalue weighted by atomic mass is 79.9. The van der Waals surface area contributed by atoms with Gasteiger partial charge in [0.15, 0.2) is 0 Å². The number of rotatable bonds is 4. The van der Waals surface area contributed by atoms with Gasteiger partial charge < -0.3 is 5.11 Å². The van der Waals surface area contributed by atoms with Crippen molar-refractivity contribution in [3.63, 3.8) is 0 Å². The van der Waals surface area contributed by atoms with Crippen LogP contribution in [0.15, 0.2) is 53.0 Å². The summed E-state index contributed by atoms with van der Waals surface area (Å²) in [5, 5.41) is 21.3. The van der Waals surface area contributed by atoms with E-state index < -0.39 is 5.97 Å². The van der Waals surface area contributed by atoms with Gasteiger partial charge >= 0.3 is 5.97 Å². The highest BCUT2D eigenvalue weighted by Crippen LogP contribution is 2.16. The lowest BCUT2D eigenvalue weighted by Crippen LogP contribution is -2.04. The minimum absolute atomic E-state index is 0.195. The summed E-state index contributed by atoms with van der Waals surface area (Å²) in [5.74, 6) is -0.582. The molecule has 0 aliphatic rings. The second kappa shape index (κ2) is 6.07. The Balaban J connectivity index is 1.84. The van der Waals surface area contributed by atoms with Gasteiger partial charge in [0.1, 0.15) is 0 Å². The summed E-state index contributed by atoms with van der Waals surface area (Å²) in [6, 6.07) is 14.3. The molecule has 0 fully saturated rings. The second-order valence-corrected chi connectivity index (χ2v) is 5.58. The Bertz CT molecular complexity index is 832. The molecule has 0 saturated carbocycles. The van der Waals surface area contributed by atoms with Crippen LogP contribution < -0.4 is 0 Å². The maximum Gasteiger partial charge on any atom is 0.335 e. The van der Waals surface area contributed by atoms with Crippen molar-refractivity contribution in [2.45, 2.75) is 6.54 Å². The first-order valence-corrected chi connectivity index (χ1v) is 7.27. The summed E-state index contributed by atoms with van der Waals surface area (Å²) in [6.45, 7) is 0.491. The fourth-order valence-electron chi connectivity index (χ4n) is 2.02. The van der Waals surface area contributed by atoms with Gasteiger partial charge in [-0.15, -0.1) is 10.2 Å². The average molecular weight is 359 g/mol. The molecule has 3 aromatic rings. The van der Waals surface area contributed by atoms with Crippen LogP contribution in [0.4, 0.5) is 0 Å². The number of nitrogens with zero attached hydrogens (tertiary/aromatic N) is 4. The van der Waals surface area contributed by atoms with Gasteiger partial charge in [0, 0.05) is 10.0 Å². The van der Waals surface area contributed by atoms with Crippen molar-refractivity contribution in [1.29, 1.82) is 0 Å². The summed E-state index contributed by atoms with van der Waals surface area (Å²) in [6.07, 6.45) is 0. The van der Waals surface area contributed by atoms with Gasteiger partial charge in [-0.3, -0.25) is 0 Å². The molecule has 3 rings (SSSR count). The summed E-state index contributed by atoms with van der Waals surface area (Å²) in [5.41, 5.74) is 1.86. The lowest BCUT2D eigenvalue weighted by atomic mass is 10.1. The predicted octanol–water partition coefficient (Wildman–Crippen LogP) is 2.85. The lowest BCUT2D eigenvalue weighted by Gasteiger charge is -2.00. The number of aromatic nitrogens is 4. The maximum absolute atomic E-state index is 11.0. The molecule has 1 aromatic heterocycles. The Labute approximate surface area is 134 Å². The number of carbonyl (C=O) groups is 1. The molecular weight excluding hydrogens is 348 g/mol. The second-order valence-electron chi connectivity index (χ2n) is 4.66. The highest BCUT2D eigenvalue weighted by molar-refractivity contribution is 9.10. The van der Waals surface area contributed by atoms with Gasteiger partial charge in [-0.1, -0.05) is 40.2 Å². The van der Waals surface area contributed by atoms with Crippen LogP contribution in [0.25, 0.3) is 11.4 Å². The monoisotopic (exact) mass is 358 g/mol. The van der Waals surface area contributed by atoms with Gasteiger partial charge in [0.05, 0.1) is 12.1 Å². The van der Waals surface area contributed by atoms with E-state index in [1.54, 1.807) is 12.1 Å². The molecule has 2 aromatic carbocycles. The fraction of sp³-hybridized carbons (Fsp3) is 0.0667. The lowest BCUT2D eigenvalue weighted by molar-refractivity contribution is 0.0697. The molecule has 6 nitrogen and oxygen atoms in total. The summed E-state index contributed by atoms with van der Waals surface area (Å²) in [4.78, 5) is 12.5. The highest BCUT2D eigenvalue weighted by Gasteiger charge is 2.09. The van der Waals surface area contributed by atoms with Crippen LogP contribution >= 0.6 is 15.9 Å². The van der Waals surface area contributed by atoms with Crippen LogP contribution in [0.2, 0.25) is 0 Å². The Morgan fingerprint density at radius 2 is 2.00 bits per heavy atom.